The first kappa shape index (κ1) is 15.3. The number of rotatable bonds is 6. The molecule has 0 aliphatic heterocycles. The van der Waals surface area contributed by atoms with Gasteiger partial charge in [-0.2, -0.15) is 0 Å². The quantitative estimate of drug-likeness (QED) is 0.697. The topological polar surface area (TPSA) is 12.0 Å². The molecule has 1 nitrogen and oxygen atoms in total. The number of hydrogen-bond acceptors (Lipinski definition) is 1. The van der Waals surface area contributed by atoms with Gasteiger partial charge in [0.15, 0.2) is 0 Å². The van der Waals surface area contributed by atoms with Crippen LogP contribution in [0.15, 0.2) is 18.2 Å². The van der Waals surface area contributed by atoms with Crippen molar-refractivity contribution in [3.63, 3.8) is 0 Å². The fourth-order valence-electron chi connectivity index (χ4n) is 1.89. The first-order valence-electron chi connectivity index (χ1n) is 6.23. The van der Waals surface area contributed by atoms with Crippen molar-refractivity contribution in [1.82, 2.24) is 5.32 Å². The molecule has 1 unspecified atom stereocenters. The Bertz CT molecular complexity index is 352. The standard InChI is InChI=1S/C14H21ClIN/c1-4-7-17-14(8-10(2)3)12-9-11(15)5-6-13(12)16/h5-6,9-10,14,17H,4,7-8H2,1-3H3. The van der Waals surface area contributed by atoms with Crippen molar-refractivity contribution in [3.05, 3.63) is 32.4 Å². The van der Waals surface area contributed by atoms with Crippen LogP contribution < -0.4 is 5.32 Å². The monoisotopic (exact) mass is 365 g/mol. The fraction of sp³-hybridized carbons (Fsp3) is 0.571. The van der Waals surface area contributed by atoms with E-state index in [1.165, 1.54) is 9.13 Å². The summed E-state index contributed by atoms with van der Waals surface area (Å²) in [7, 11) is 0. The van der Waals surface area contributed by atoms with E-state index in [4.69, 9.17) is 11.6 Å². The number of halogens is 2. The summed E-state index contributed by atoms with van der Waals surface area (Å²) >= 11 is 8.49. The van der Waals surface area contributed by atoms with Crippen LogP contribution in [0.5, 0.6) is 0 Å². The maximum absolute atomic E-state index is 6.10. The SMILES string of the molecule is CCCNC(CC(C)C)c1cc(Cl)ccc1I. The van der Waals surface area contributed by atoms with Gasteiger partial charge in [0.25, 0.3) is 0 Å². The van der Waals surface area contributed by atoms with Crippen molar-refractivity contribution >= 4 is 34.2 Å². The highest BCUT2D eigenvalue weighted by Crippen LogP contribution is 2.28. The third kappa shape index (κ3) is 5.14. The fourth-order valence-corrected chi connectivity index (χ4v) is 2.78. The summed E-state index contributed by atoms with van der Waals surface area (Å²) in [5.74, 6) is 0.680. The highest BCUT2D eigenvalue weighted by atomic mass is 127. The molecule has 0 aliphatic rings. The minimum Gasteiger partial charge on any atom is -0.310 e. The van der Waals surface area contributed by atoms with Crippen LogP contribution in [0.2, 0.25) is 5.02 Å². The Balaban J connectivity index is 2.90. The molecule has 0 aromatic heterocycles. The minimum atomic E-state index is 0.417. The van der Waals surface area contributed by atoms with E-state index in [2.05, 4.69) is 60.8 Å². The van der Waals surface area contributed by atoms with Gasteiger partial charge in [-0.3, -0.25) is 0 Å². The smallest absolute Gasteiger partial charge is 0.0410 e. The number of nitrogens with one attached hydrogen (secondary N) is 1. The summed E-state index contributed by atoms with van der Waals surface area (Å²) in [6, 6.07) is 6.57. The Morgan fingerprint density at radius 1 is 1.35 bits per heavy atom. The molecule has 0 heterocycles. The molecule has 0 saturated carbocycles. The Morgan fingerprint density at radius 2 is 2.06 bits per heavy atom. The summed E-state index contributed by atoms with van der Waals surface area (Å²) < 4.78 is 1.29. The van der Waals surface area contributed by atoms with Crippen LogP contribution in [-0.2, 0) is 0 Å². The highest BCUT2D eigenvalue weighted by molar-refractivity contribution is 14.1. The van der Waals surface area contributed by atoms with Gasteiger partial charge in [-0.1, -0.05) is 32.4 Å². The Kier molecular flexibility index (Phi) is 6.82. The molecule has 0 bridgehead atoms. The van der Waals surface area contributed by atoms with Gasteiger partial charge in [-0.25, -0.2) is 0 Å². The summed E-state index contributed by atoms with van der Waals surface area (Å²) in [6.45, 7) is 7.78. The van der Waals surface area contributed by atoms with Crippen LogP contribution in [0.25, 0.3) is 0 Å². The van der Waals surface area contributed by atoms with Crippen LogP contribution in [0.1, 0.15) is 45.2 Å². The summed E-state index contributed by atoms with van der Waals surface area (Å²) in [6.07, 6.45) is 2.31. The van der Waals surface area contributed by atoms with Crippen LogP contribution in [0.3, 0.4) is 0 Å². The Labute approximate surface area is 123 Å². The first-order chi connectivity index (χ1) is 8.04. The van der Waals surface area contributed by atoms with E-state index >= 15 is 0 Å². The predicted octanol–water partition coefficient (Wildman–Crippen LogP) is 5.03. The molecule has 1 atom stereocenters. The molecule has 1 aromatic rings. The summed E-state index contributed by atoms with van der Waals surface area (Å²) in [5.41, 5.74) is 1.33. The molecule has 3 heteroatoms. The Hall–Kier alpha value is 0.200. The van der Waals surface area contributed by atoms with Gasteiger partial charge in [0.2, 0.25) is 0 Å². The van der Waals surface area contributed by atoms with E-state index < -0.39 is 0 Å². The molecule has 17 heavy (non-hydrogen) atoms. The third-order valence-corrected chi connectivity index (χ3v) is 3.90. The van der Waals surface area contributed by atoms with Crippen LogP contribution in [0, 0.1) is 9.49 Å². The lowest BCUT2D eigenvalue weighted by atomic mass is 9.97. The lowest BCUT2D eigenvalue weighted by Gasteiger charge is -2.22. The van der Waals surface area contributed by atoms with Gasteiger partial charge in [-0.05, 0) is 71.7 Å². The summed E-state index contributed by atoms with van der Waals surface area (Å²) in [5, 5.41) is 4.45. The molecule has 0 fully saturated rings. The number of benzene rings is 1. The highest BCUT2D eigenvalue weighted by Gasteiger charge is 2.15. The number of hydrogen-bond donors (Lipinski definition) is 1. The lowest BCUT2D eigenvalue weighted by molar-refractivity contribution is 0.429. The molecule has 0 aliphatic carbocycles. The van der Waals surface area contributed by atoms with Crippen LogP contribution in [0.4, 0.5) is 0 Å². The summed E-state index contributed by atoms with van der Waals surface area (Å²) in [4.78, 5) is 0. The Morgan fingerprint density at radius 3 is 2.65 bits per heavy atom. The zero-order chi connectivity index (χ0) is 12.8. The van der Waals surface area contributed by atoms with Gasteiger partial charge in [-0.15, -0.1) is 0 Å². The average Bonchev–Trinajstić information content (AvgIpc) is 2.27. The molecule has 1 aromatic carbocycles. The maximum Gasteiger partial charge on any atom is 0.0410 e. The van der Waals surface area contributed by atoms with E-state index in [-0.39, 0.29) is 0 Å². The van der Waals surface area contributed by atoms with Crippen molar-refractivity contribution in [2.45, 2.75) is 39.7 Å². The van der Waals surface area contributed by atoms with Gasteiger partial charge < -0.3 is 5.32 Å². The van der Waals surface area contributed by atoms with E-state index in [1.54, 1.807) is 0 Å². The van der Waals surface area contributed by atoms with Gasteiger partial charge >= 0.3 is 0 Å². The van der Waals surface area contributed by atoms with Gasteiger partial charge in [0, 0.05) is 14.6 Å². The largest absolute Gasteiger partial charge is 0.310 e. The van der Waals surface area contributed by atoms with Crippen molar-refractivity contribution < 1.29 is 0 Å². The van der Waals surface area contributed by atoms with Gasteiger partial charge in [0.1, 0.15) is 0 Å². The van der Waals surface area contributed by atoms with Crippen LogP contribution >= 0.6 is 34.2 Å². The van der Waals surface area contributed by atoms with Crippen molar-refractivity contribution in [1.29, 1.82) is 0 Å². The lowest BCUT2D eigenvalue weighted by Crippen LogP contribution is -2.24. The van der Waals surface area contributed by atoms with Gasteiger partial charge in [0.05, 0.1) is 0 Å². The minimum absolute atomic E-state index is 0.417. The normalized spacial score (nSPS) is 13.1. The van der Waals surface area contributed by atoms with Crippen molar-refractivity contribution in [3.8, 4) is 0 Å². The molecule has 1 N–H and O–H groups in total. The first-order valence-corrected chi connectivity index (χ1v) is 7.68. The molecule has 0 amide bonds. The maximum atomic E-state index is 6.10. The van der Waals surface area contributed by atoms with E-state index in [0.29, 0.717) is 12.0 Å². The zero-order valence-corrected chi connectivity index (χ0v) is 13.7. The average molecular weight is 366 g/mol. The second-order valence-corrected chi connectivity index (χ2v) is 6.40. The second-order valence-electron chi connectivity index (χ2n) is 4.80. The molecular weight excluding hydrogens is 345 g/mol. The molecular formula is C14H21ClIN. The van der Waals surface area contributed by atoms with Crippen molar-refractivity contribution in [2.24, 2.45) is 5.92 Å². The molecule has 96 valence electrons. The molecule has 1 rings (SSSR count). The van der Waals surface area contributed by atoms with Crippen LogP contribution in [-0.4, -0.2) is 6.54 Å². The van der Waals surface area contributed by atoms with E-state index in [0.717, 1.165) is 24.4 Å². The van der Waals surface area contributed by atoms with E-state index in [9.17, 15) is 0 Å². The third-order valence-electron chi connectivity index (χ3n) is 2.68. The zero-order valence-electron chi connectivity index (χ0n) is 10.8. The molecule has 0 spiro atoms. The predicted molar refractivity (Wildman–Crippen MR) is 84.7 cm³/mol. The van der Waals surface area contributed by atoms with E-state index in [1.807, 2.05) is 6.07 Å². The molecule has 0 saturated heterocycles. The molecule has 0 radical (unpaired) electrons. The van der Waals surface area contributed by atoms with Crippen molar-refractivity contribution in [2.75, 3.05) is 6.54 Å². The second kappa shape index (κ2) is 7.59.